The highest BCUT2D eigenvalue weighted by Gasteiger charge is 2.48. The molecule has 0 bridgehead atoms. The van der Waals surface area contributed by atoms with E-state index in [9.17, 15) is 14.3 Å². The summed E-state index contributed by atoms with van der Waals surface area (Å²) in [5.41, 5.74) is -0.437. The van der Waals surface area contributed by atoms with Crippen molar-refractivity contribution in [2.24, 2.45) is 5.92 Å². The lowest BCUT2D eigenvalue weighted by atomic mass is 9.64. The van der Waals surface area contributed by atoms with Crippen LogP contribution >= 0.6 is 0 Å². The van der Waals surface area contributed by atoms with Gasteiger partial charge in [0.05, 0.1) is 12.0 Å². The number of carboxylic acids is 1. The first kappa shape index (κ1) is 12.5. The molecule has 3 nitrogen and oxygen atoms in total. The molecule has 2 fully saturated rings. The predicted octanol–water partition coefficient (Wildman–Crippen LogP) is 3.12. The van der Waals surface area contributed by atoms with Crippen LogP contribution in [0.1, 0.15) is 37.7 Å². The Hall–Kier alpha value is -1.58. The number of carbonyl (C=O) groups is 1. The molecule has 0 saturated heterocycles. The Morgan fingerprint density at radius 3 is 2.68 bits per heavy atom. The number of aliphatic carboxylic acids is 1. The zero-order chi connectivity index (χ0) is 13.5. The number of ether oxygens (including phenoxy) is 1. The summed E-state index contributed by atoms with van der Waals surface area (Å²) in [6, 6.07) is 4.23. The van der Waals surface area contributed by atoms with Crippen molar-refractivity contribution in [3.63, 3.8) is 0 Å². The molecule has 0 aliphatic heterocycles. The predicted molar refractivity (Wildman–Crippen MR) is 67.8 cm³/mol. The van der Waals surface area contributed by atoms with E-state index in [0.717, 1.165) is 6.42 Å². The average molecular weight is 264 g/mol. The molecule has 102 valence electrons. The second-order valence-electron chi connectivity index (χ2n) is 5.64. The molecule has 0 heterocycles. The van der Waals surface area contributed by atoms with Gasteiger partial charge in [-0.3, -0.25) is 4.79 Å². The number of carboxylic acid groups (broad SMARTS) is 1. The van der Waals surface area contributed by atoms with Crippen LogP contribution in [0, 0.1) is 11.7 Å². The van der Waals surface area contributed by atoms with E-state index < -0.39 is 17.2 Å². The molecule has 0 unspecified atom stereocenters. The lowest BCUT2D eigenvalue weighted by Gasteiger charge is -2.38. The molecule has 4 heteroatoms. The maximum Gasteiger partial charge on any atom is 0.314 e. The van der Waals surface area contributed by atoms with Crippen molar-refractivity contribution in [2.45, 2.75) is 37.5 Å². The summed E-state index contributed by atoms with van der Waals surface area (Å²) in [6.45, 7) is 0.605. The van der Waals surface area contributed by atoms with Crippen LogP contribution in [0.3, 0.4) is 0 Å². The molecule has 0 aromatic heterocycles. The van der Waals surface area contributed by atoms with Gasteiger partial charge in [0.25, 0.3) is 0 Å². The molecule has 2 aliphatic carbocycles. The Morgan fingerprint density at radius 1 is 1.42 bits per heavy atom. The number of halogens is 1. The van der Waals surface area contributed by atoms with Crippen LogP contribution in [0.5, 0.6) is 5.75 Å². The molecule has 2 saturated carbocycles. The third-order valence-corrected chi connectivity index (χ3v) is 4.25. The Labute approximate surface area is 111 Å². The van der Waals surface area contributed by atoms with Crippen LogP contribution in [0.4, 0.5) is 4.39 Å². The second kappa shape index (κ2) is 4.51. The fraction of sp³-hybridized carbons (Fsp3) is 0.533. The van der Waals surface area contributed by atoms with Gasteiger partial charge in [0.1, 0.15) is 11.6 Å². The minimum Gasteiger partial charge on any atom is -0.493 e. The van der Waals surface area contributed by atoms with E-state index in [1.54, 1.807) is 6.07 Å². The maximum absolute atomic E-state index is 13.5. The highest BCUT2D eigenvalue weighted by atomic mass is 19.1. The van der Waals surface area contributed by atoms with Crippen molar-refractivity contribution in [3.8, 4) is 5.75 Å². The quantitative estimate of drug-likeness (QED) is 0.888. The van der Waals surface area contributed by atoms with Crippen molar-refractivity contribution >= 4 is 5.97 Å². The van der Waals surface area contributed by atoms with Gasteiger partial charge in [0.2, 0.25) is 0 Å². The summed E-state index contributed by atoms with van der Waals surface area (Å²) in [5.74, 6) is -0.155. The van der Waals surface area contributed by atoms with E-state index >= 15 is 0 Å². The van der Waals surface area contributed by atoms with Crippen LogP contribution in [-0.2, 0) is 10.2 Å². The fourth-order valence-corrected chi connectivity index (χ4v) is 2.62. The van der Waals surface area contributed by atoms with Crippen LogP contribution in [0.2, 0.25) is 0 Å². The van der Waals surface area contributed by atoms with Gasteiger partial charge in [0, 0.05) is 5.56 Å². The van der Waals surface area contributed by atoms with Crippen molar-refractivity contribution < 1.29 is 19.0 Å². The second-order valence-corrected chi connectivity index (χ2v) is 5.64. The molecule has 2 aliphatic rings. The fourth-order valence-electron chi connectivity index (χ4n) is 2.62. The van der Waals surface area contributed by atoms with Crippen molar-refractivity contribution in [2.75, 3.05) is 6.61 Å². The molecule has 0 amide bonds. The Balaban J connectivity index is 1.92. The zero-order valence-electron chi connectivity index (χ0n) is 10.7. The number of hydrogen-bond donors (Lipinski definition) is 1. The van der Waals surface area contributed by atoms with Crippen LogP contribution in [0.15, 0.2) is 18.2 Å². The first-order valence-corrected chi connectivity index (χ1v) is 6.78. The van der Waals surface area contributed by atoms with E-state index in [-0.39, 0.29) is 0 Å². The minimum absolute atomic E-state index is 0.402. The minimum atomic E-state index is -0.943. The van der Waals surface area contributed by atoms with Crippen LogP contribution in [-0.4, -0.2) is 17.7 Å². The Kier molecular flexibility index (Phi) is 2.96. The lowest BCUT2D eigenvalue weighted by Crippen LogP contribution is -2.42. The standard InChI is InChI=1S/C15H17FO3/c16-11-4-5-13(19-9-10-2-3-10)12(8-11)15(14(17)18)6-1-7-15/h4-5,8,10H,1-3,6-7,9H2,(H,17,18). The summed E-state index contributed by atoms with van der Waals surface area (Å²) in [6.07, 6.45) is 4.32. The molecule has 3 rings (SSSR count). The zero-order valence-corrected chi connectivity index (χ0v) is 10.7. The highest BCUT2D eigenvalue weighted by molar-refractivity contribution is 5.83. The summed E-state index contributed by atoms with van der Waals surface area (Å²) < 4.78 is 19.2. The number of rotatable bonds is 5. The van der Waals surface area contributed by atoms with Gasteiger partial charge in [0.15, 0.2) is 0 Å². The number of hydrogen-bond acceptors (Lipinski definition) is 2. The summed E-state index contributed by atoms with van der Waals surface area (Å²) in [5, 5.41) is 9.46. The van der Waals surface area contributed by atoms with Crippen molar-refractivity contribution in [1.29, 1.82) is 0 Å². The molecule has 1 aromatic carbocycles. The van der Waals surface area contributed by atoms with Gasteiger partial charge >= 0.3 is 5.97 Å². The SMILES string of the molecule is O=C(O)C1(c2cc(F)ccc2OCC2CC2)CCC1. The van der Waals surface area contributed by atoms with Crippen molar-refractivity contribution in [1.82, 2.24) is 0 Å². The molecule has 19 heavy (non-hydrogen) atoms. The largest absolute Gasteiger partial charge is 0.493 e. The summed E-state index contributed by atoms with van der Waals surface area (Å²) in [4.78, 5) is 11.5. The van der Waals surface area contributed by atoms with Gasteiger partial charge in [-0.25, -0.2) is 4.39 Å². The van der Waals surface area contributed by atoms with E-state index in [2.05, 4.69) is 0 Å². The molecule has 1 N–H and O–H groups in total. The van der Waals surface area contributed by atoms with E-state index in [4.69, 9.17) is 4.74 Å². The molecule has 1 aromatic rings. The van der Waals surface area contributed by atoms with Gasteiger partial charge in [-0.15, -0.1) is 0 Å². The molecular formula is C15H17FO3. The number of benzene rings is 1. The molecule has 0 spiro atoms. The third-order valence-electron chi connectivity index (χ3n) is 4.25. The topological polar surface area (TPSA) is 46.5 Å². The molecule has 0 atom stereocenters. The van der Waals surface area contributed by atoms with E-state index in [1.807, 2.05) is 0 Å². The van der Waals surface area contributed by atoms with Crippen LogP contribution in [0.25, 0.3) is 0 Å². The smallest absolute Gasteiger partial charge is 0.314 e. The van der Waals surface area contributed by atoms with Gasteiger partial charge in [-0.1, -0.05) is 6.42 Å². The first-order chi connectivity index (χ1) is 9.12. The molecular weight excluding hydrogens is 247 g/mol. The summed E-state index contributed by atoms with van der Waals surface area (Å²) >= 11 is 0. The Morgan fingerprint density at radius 2 is 2.16 bits per heavy atom. The monoisotopic (exact) mass is 264 g/mol. The molecule has 0 radical (unpaired) electrons. The lowest BCUT2D eigenvalue weighted by molar-refractivity contribution is -0.147. The van der Waals surface area contributed by atoms with Gasteiger partial charge in [-0.05, 0) is 49.8 Å². The third kappa shape index (κ3) is 2.20. The van der Waals surface area contributed by atoms with E-state index in [0.29, 0.717) is 36.7 Å². The van der Waals surface area contributed by atoms with Crippen molar-refractivity contribution in [3.05, 3.63) is 29.6 Å². The highest BCUT2D eigenvalue weighted by Crippen LogP contribution is 2.47. The average Bonchev–Trinajstić information content (AvgIpc) is 3.10. The Bertz CT molecular complexity index is 504. The van der Waals surface area contributed by atoms with Gasteiger partial charge in [-0.2, -0.15) is 0 Å². The normalized spacial score (nSPS) is 20.7. The van der Waals surface area contributed by atoms with E-state index in [1.165, 1.54) is 25.0 Å². The van der Waals surface area contributed by atoms with Crippen LogP contribution < -0.4 is 4.74 Å². The summed E-state index contributed by atoms with van der Waals surface area (Å²) in [7, 11) is 0. The maximum atomic E-state index is 13.5. The first-order valence-electron chi connectivity index (χ1n) is 6.78. The van der Waals surface area contributed by atoms with Gasteiger partial charge < -0.3 is 9.84 Å².